The van der Waals surface area contributed by atoms with Crippen LogP contribution >= 0.6 is 0 Å². The van der Waals surface area contributed by atoms with Gasteiger partial charge in [0, 0.05) is 19.6 Å². The molecule has 0 saturated heterocycles. The first-order chi connectivity index (χ1) is 11.2. The number of nitrogens with zero attached hydrogens (tertiary/aromatic N) is 1. The molecule has 0 heterocycles. The van der Waals surface area contributed by atoms with Gasteiger partial charge in [-0.15, -0.1) is 0 Å². The van der Waals surface area contributed by atoms with Crippen LogP contribution in [0.5, 0.6) is 0 Å². The molecular weight excluding hydrogens is 345 g/mol. The molecule has 0 aliphatic rings. The van der Waals surface area contributed by atoms with Gasteiger partial charge in [-0.3, -0.25) is 4.79 Å². The maximum atomic E-state index is 13.5. The van der Waals surface area contributed by atoms with Crippen LogP contribution in [-0.2, 0) is 10.0 Å². The van der Waals surface area contributed by atoms with Crippen LogP contribution in [0.4, 0.5) is 13.2 Å². The lowest BCUT2D eigenvalue weighted by atomic mass is 10.2. The van der Waals surface area contributed by atoms with Gasteiger partial charge in [-0.25, -0.2) is 25.9 Å². The second-order valence-electron chi connectivity index (χ2n) is 5.35. The highest BCUT2D eigenvalue weighted by molar-refractivity contribution is 7.88. The first kappa shape index (κ1) is 20.4. The minimum atomic E-state index is -3.43. The van der Waals surface area contributed by atoms with Crippen LogP contribution in [0, 0.1) is 17.5 Å². The molecule has 0 bridgehead atoms. The van der Waals surface area contributed by atoms with E-state index in [9.17, 15) is 26.4 Å². The standard InChI is InChI=1S/C15H21F3N2O3S/c1-3-4-5-9-20(24(2,22)23)10-8-19-15(21)11-6-7-12(16)14(18)13(11)17/h6-7H,3-5,8-10H2,1-2H3,(H,19,21). The minimum absolute atomic E-state index is 0.0135. The summed E-state index contributed by atoms with van der Waals surface area (Å²) in [6.45, 7) is 2.25. The van der Waals surface area contributed by atoms with E-state index in [1.807, 2.05) is 6.92 Å². The zero-order valence-electron chi connectivity index (χ0n) is 13.6. The largest absolute Gasteiger partial charge is 0.351 e. The van der Waals surface area contributed by atoms with E-state index in [0.717, 1.165) is 25.2 Å². The average Bonchev–Trinajstić information content (AvgIpc) is 2.50. The molecule has 9 heteroatoms. The highest BCUT2D eigenvalue weighted by atomic mass is 32.2. The van der Waals surface area contributed by atoms with E-state index in [0.29, 0.717) is 19.0 Å². The van der Waals surface area contributed by atoms with Gasteiger partial charge < -0.3 is 5.32 Å². The maximum Gasteiger partial charge on any atom is 0.254 e. The Morgan fingerprint density at radius 1 is 1.12 bits per heavy atom. The minimum Gasteiger partial charge on any atom is -0.351 e. The molecule has 1 N–H and O–H groups in total. The van der Waals surface area contributed by atoms with Gasteiger partial charge in [0.15, 0.2) is 17.5 Å². The van der Waals surface area contributed by atoms with Crippen molar-refractivity contribution in [2.24, 2.45) is 0 Å². The van der Waals surface area contributed by atoms with Gasteiger partial charge in [-0.1, -0.05) is 19.8 Å². The van der Waals surface area contributed by atoms with Crippen LogP contribution in [0.1, 0.15) is 36.5 Å². The average molecular weight is 366 g/mol. The Balaban J connectivity index is 2.64. The zero-order chi connectivity index (χ0) is 18.3. The van der Waals surface area contributed by atoms with Crippen LogP contribution in [0.15, 0.2) is 12.1 Å². The number of unbranched alkanes of at least 4 members (excludes halogenated alkanes) is 2. The second-order valence-corrected chi connectivity index (χ2v) is 7.33. The Morgan fingerprint density at radius 2 is 1.79 bits per heavy atom. The van der Waals surface area contributed by atoms with Crippen molar-refractivity contribution in [3.8, 4) is 0 Å². The Kier molecular flexibility index (Phi) is 7.68. The lowest BCUT2D eigenvalue weighted by Gasteiger charge is -2.20. The molecule has 5 nitrogen and oxygen atoms in total. The van der Waals surface area contributed by atoms with E-state index in [4.69, 9.17) is 0 Å². The molecule has 0 aliphatic carbocycles. The molecule has 0 spiro atoms. The van der Waals surface area contributed by atoms with Gasteiger partial charge in [0.1, 0.15) is 0 Å². The van der Waals surface area contributed by atoms with Gasteiger partial charge in [0.25, 0.3) is 5.91 Å². The summed E-state index contributed by atoms with van der Waals surface area (Å²) in [6, 6.07) is 1.49. The number of nitrogens with one attached hydrogen (secondary N) is 1. The van der Waals surface area contributed by atoms with Crippen molar-refractivity contribution in [1.29, 1.82) is 0 Å². The van der Waals surface area contributed by atoms with Crippen LogP contribution < -0.4 is 5.32 Å². The van der Waals surface area contributed by atoms with Gasteiger partial charge in [0.05, 0.1) is 11.8 Å². The van der Waals surface area contributed by atoms with Gasteiger partial charge in [-0.05, 0) is 18.6 Å². The number of sulfonamides is 1. The molecule has 0 atom stereocenters. The van der Waals surface area contributed by atoms with Crippen molar-refractivity contribution in [2.75, 3.05) is 25.9 Å². The van der Waals surface area contributed by atoms with E-state index >= 15 is 0 Å². The monoisotopic (exact) mass is 366 g/mol. The Hall–Kier alpha value is -1.61. The Labute approximate surface area is 139 Å². The van der Waals surface area contributed by atoms with Crippen LogP contribution in [0.2, 0.25) is 0 Å². The van der Waals surface area contributed by atoms with E-state index in [1.54, 1.807) is 0 Å². The van der Waals surface area contributed by atoms with Crippen LogP contribution in [0.25, 0.3) is 0 Å². The quantitative estimate of drug-likeness (QED) is 0.539. The van der Waals surface area contributed by atoms with Crippen molar-refractivity contribution >= 4 is 15.9 Å². The summed E-state index contributed by atoms with van der Waals surface area (Å²) in [4.78, 5) is 11.8. The predicted molar refractivity (Wildman–Crippen MR) is 84.6 cm³/mol. The molecular formula is C15H21F3N2O3S. The van der Waals surface area contributed by atoms with Crippen molar-refractivity contribution in [3.63, 3.8) is 0 Å². The predicted octanol–water partition coefficient (Wildman–Crippen LogP) is 2.29. The summed E-state index contributed by atoms with van der Waals surface area (Å²) < 4.78 is 64.0. The highest BCUT2D eigenvalue weighted by Gasteiger charge is 2.20. The Bertz CT molecular complexity index is 681. The van der Waals surface area contributed by atoms with E-state index in [1.165, 1.54) is 4.31 Å². The molecule has 0 unspecified atom stereocenters. The molecule has 1 rings (SSSR count). The first-order valence-corrected chi connectivity index (χ1v) is 9.40. The van der Waals surface area contributed by atoms with Crippen LogP contribution in [-0.4, -0.2) is 44.5 Å². The molecule has 0 aromatic heterocycles. The van der Waals surface area contributed by atoms with Crippen molar-refractivity contribution < 1.29 is 26.4 Å². The summed E-state index contributed by atoms with van der Waals surface area (Å²) in [6.07, 6.45) is 3.56. The molecule has 136 valence electrons. The Morgan fingerprint density at radius 3 is 2.38 bits per heavy atom. The number of amides is 1. The lowest BCUT2D eigenvalue weighted by Crippen LogP contribution is -2.38. The molecule has 0 aliphatic heterocycles. The number of carbonyl (C=O) groups excluding carboxylic acids is 1. The molecule has 0 radical (unpaired) electrons. The summed E-state index contributed by atoms with van der Waals surface area (Å²) in [5.74, 6) is -5.62. The zero-order valence-corrected chi connectivity index (χ0v) is 14.4. The van der Waals surface area contributed by atoms with Crippen molar-refractivity contribution in [2.45, 2.75) is 26.2 Å². The SMILES string of the molecule is CCCCCN(CCNC(=O)c1ccc(F)c(F)c1F)S(C)(=O)=O. The van der Waals surface area contributed by atoms with Gasteiger partial charge >= 0.3 is 0 Å². The van der Waals surface area contributed by atoms with Crippen molar-refractivity contribution in [1.82, 2.24) is 9.62 Å². The fourth-order valence-electron chi connectivity index (χ4n) is 2.07. The van der Waals surface area contributed by atoms with Gasteiger partial charge in [-0.2, -0.15) is 0 Å². The van der Waals surface area contributed by atoms with Crippen LogP contribution in [0.3, 0.4) is 0 Å². The van der Waals surface area contributed by atoms with E-state index < -0.39 is 38.9 Å². The fraction of sp³-hybridized carbons (Fsp3) is 0.533. The summed E-state index contributed by atoms with van der Waals surface area (Å²) >= 11 is 0. The third kappa shape index (κ3) is 5.79. The van der Waals surface area contributed by atoms with Gasteiger partial charge in [0.2, 0.25) is 10.0 Å². The fourth-order valence-corrected chi connectivity index (χ4v) is 2.96. The summed E-state index contributed by atoms with van der Waals surface area (Å²) in [7, 11) is -3.43. The number of halogens is 3. The van der Waals surface area contributed by atoms with E-state index in [2.05, 4.69) is 5.32 Å². The third-order valence-corrected chi connectivity index (χ3v) is 4.71. The maximum absolute atomic E-state index is 13.5. The third-order valence-electron chi connectivity index (χ3n) is 3.41. The molecule has 1 amide bonds. The number of benzene rings is 1. The number of hydrogen-bond acceptors (Lipinski definition) is 3. The molecule has 0 saturated carbocycles. The topological polar surface area (TPSA) is 66.5 Å². The second kappa shape index (κ2) is 9.03. The first-order valence-electron chi connectivity index (χ1n) is 7.55. The summed E-state index contributed by atoms with van der Waals surface area (Å²) in [5, 5.41) is 2.31. The lowest BCUT2D eigenvalue weighted by molar-refractivity contribution is 0.0946. The number of carbonyl (C=O) groups is 1. The van der Waals surface area contributed by atoms with Crippen molar-refractivity contribution in [3.05, 3.63) is 35.1 Å². The molecule has 1 aromatic rings. The molecule has 24 heavy (non-hydrogen) atoms. The van der Waals surface area contributed by atoms with E-state index in [-0.39, 0.29) is 13.1 Å². The molecule has 1 aromatic carbocycles. The smallest absolute Gasteiger partial charge is 0.254 e. The highest BCUT2D eigenvalue weighted by Crippen LogP contribution is 2.15. The summed E-state index contributed by atoms with van der Waals surface area (Å²) in [5.41, 5.74) is -0.634. The number of hydrogen-bond donors (Lipinski definition) is 1. The number of rotatable bonds is 9. The normalized spacial score (nSPS) is 11.8. The molecule has 0 fully saturated rings.